The van der Waals surface area contributed by atoms with Gasteiger partial charge in [0.05, 0.1) is 32.1 Å². The lowest BCUT2D eigenvalue weighted by atomic mass is 10.2. The smallest absolute Gasteiger partial charge is 0.348 e. The van der Waals surface area contributed by atoms with Gasteiger partial charge in [-0.25, -0.2) is 4.79 Å². The van der Waals surface area contributed by atoms with Crippen molar-refractivity contribution in [2.45, 2.75) is 13.5 Å². The van der Waals surface area contributed by atoms with Crippen LogP contribution in [0.3, 0.4) is 0 Å². The summed E-state index contributed by atoms with van der Waals surface area (Å²) in [6.07, 6.45) is 0. The third kappa shape index (κ3) is 4.98. The zero-order valence-electron chi connectivity index (χ0n) is 18.5. The highest BCUT2D eigenvalue weighted by atomic mass is 32.1. The second-order valence-corrected chi connectivity index (χ2v) is 8.28. The van der Waals surface area contributed by atoms with Crippen LogP contribution < -0.4 is 14.8 Å². The highest BCUT2D eigenvalue weighted by Gasteiger charge is 2.19. The second kappa shape index (κ2) is 9.74. The Morgan fingerprint density at radius 2 is 1.85 bits per heavy atom. The first kappa shape index (κ1) is 22.3. The number of methoxy groups -OCH3 is 2. The number of nitrogens with one attached hydrogen (secondary N) is 1. The summed E-state index contributed by atoms with van der Waals surface area (Å²) in [6.45, 7) is 2.09. The number of esters is 1. The Bertz CT molecular complexity index is 1300. The average molecular weight is 466 g/mol. The van der Waals surface area contributed by atoms with Crippen molar-refractivity contribution >= 4 is 39.1 Å². The van der Waals surface area contributed by atoms with Crippen molar-refractivity contribution in [3.8, 4) is 11.5 Å². The van der Waals surface area contributed by atoms with Crippen molar-refractivity contribution in [3.63, 3.8) is 0 Å². The van der Waals surface area contributed by atoms with Crippen LogP contribution in [0.15, 0.2) is 54.6 Å². The summed E-state index contributed by atoms with van der Waals surface area (Å²) in [7, 11) is 3.04. The predicted molar refractivity (Wildman–Crippen MR) is 126 cm³/mol. The molecule has 1 amide bonds. The molecule has 0 saturated heterocycles. The van der Waals surface area contributed by atoms with Crippen LogP contribution in [0.5, 0.6) is 11.5 Å². The molecular formula is C24H23N3O5S. The van der Waals surface area contributed by atoms with Gasteiger partial charge in [0.25, 0.3) is 5.91 Å². The molecule has 0 saturated carbocycles. The van der Waals surface area contributed by atoms with E-state index >= 15 is 0 Å². The zero-order valence-corrected chi connectivity index (χ0v) is 19.3. The molecule has 0 atom stereocenters. The molecule has 0 aliphatic rings. The van der Waals surface area contributed by atoms with Crippen LogP contribution in [0, 0.1) is 6.92 Å². The van der Waals surface area contributed by atoms with Crippen LogP contribution in [0.2, 0.25) is 0 Å². The van der Waals surface area contributed by atoms with Gasteiger partial charge in [-0.1, -0.05) is 30.3 Å². The number of hydrogen-bond donors (Lipinski definition) is 1. The third-order valence-corrected chi connectivity index (χ3v) is 6.13. The maximum Gasteiger partial charge on any atom is 0.348 e. The maximum absolute atomic E-state index is 12.6. The van der Waals surface area contributed by atoms with E-state index in [1.807, 2.05) is 41.9 Å². The van der Waals surface area contributed by atoms with Gasteiger partial charge in [0.2, 0.25) is 0 Å². The molecule has 0 aliphatic carbocycles. The summed E-state index contributed by atoms with van der Waals surface area (Å²) in [5.74, 6) is 0.0113. The number of aryl methyl sites for hydroxylation is 1. The van der Waals surface area contributed by atoms with Crippen molar-refractivity contribution in [3.05, 3.63) is 70.7 Å². The lowest BCUT2D eigenvalue weighted by molar-refractivity contribution is -0.119. The van der Waals surface area contributed by atoms with Crippen LogP contribution in [0.25, 0.3) is 10.2 Å². The van der Waals surface area contributed by atoms with Gasteiger partial charge in [0.1, 0.15) is 21.2 Å². The maximum atomic E-state index is 12.6. The van der Waals surface area contributed by atoms with Crippen molar-refractivity contribution in [2.75, 3.05) is 26.1 Å². The largest absolute Gasteiger partial charge is 0.497 e. The number of thiophene rings is 1. The van der Waals surface area contributed by atoms with E-state index in [-0.39, 0.29) is 0 Å². The Morgan fingerprint density at radius 1 is 1.06 bits per heavy atom. The molecule has 9 heteroatoms. The molecule has 0 fully saturated rings. The average Bonchev–Trinajstić information content (AvgIpc) is 3.39. The fraction of sp³-hybridized carbons (Fsp3) is 0.208. The number of nitrogens with zero attached hydrogens (tertiary/aromatic N) is 2. The predicted octanol–water partition coefficient (Wildman–Crippen LogP) is 4.27. The lowest BCUT2D eigenvalue weighted by Gasteiger charge is -2.11. The Hall–Kier alpha value is -3.85. The number of anilines is 1. The topological polar surface area (TPSA) is 91.7 Å². The molecule has 2 aromatic carbocycles. The summed E-state index contributed by atoms with van der Waals surface area (Å²) in [5, 5.41) is 8.16. The summed E-state index contributed by atoms with van der Waals surface area (Å²) in [5.41, 5.74) is 2.41. The van der Waals surface area contributed by atoms with E-state index in [1.165, 1.54) is 18.4 Å². The van der Waals surface area contributed by atoms with Gasteiger partial charge in [-0.05, 0) is 30.7 Å². The van der Waals surface area contributed by atoms with Gasteiger partial charge < -0.3 is 19.5 Å². The van der Waals surface area contributed by atoms with Gasteiger partial charge in [-0.2, -0.15) is 5.10 Å². The van der Waals surface area contributed by atoms with Gasteiger partial charge in [-0.15, -0.1) is 11.3 Å². The van der Waals surface area contributed by atoms with Gasteiger partial charge in [-0.3, -0.25) is 9.48 Å². The monoisotopic (exact) mass is 465 g/mol. The molecule has 8 nitrogen and oxygen atoms in total. The van der Waals surface area contributed by atoms with Crippen LogP contribution >= 0.6 is 11.3 Å². The molecule has 4 rings (SSSR count). The number of fused-ring (bicyclic) bond motifs is 1. The van der Waals surface area contributed by atoms with Crippen molar-refractivity contribution < 1.29 is 23.8 Å². The molecular weight excluding hydrogens is 442 g/mol. The van der Waals surface area contributed by atoms with E-state index in [9.17, 15) is 9.59 Å². The van der Waals surface area contributed by atoms with Crippen molar-refractivity contribution in [2.24, 2.45) is 0 Å². The Morgan fingerprint density at radius 3 is 2.58 bits per heavy atom. The summed E-state index contributed by atoms with van der Waals surface area (Å²) in [4.78, 5) is 26.2. The minimum absolute atomic E-state index is 0.419. The first-order chi connectivity index (χ1) is 16.0. The number of aromatic nitrogens is 2. The molecule has 0 unspecified atom stereocenters. The van der Waals surface area contributed by atoms with E-state index < -0.39 is 18.5 Å². The molecule has 4 aromatic rings. The number of benzene rings is 2. The molecule has 0 aliphatic heterocycles. The Balaban J connectivity index is 1.42. The number of amides is 1. The molecule has 2 aromatic heterocycles. The Labute approximate surface area is 194 Å². The van der Waals surface area contributed by atoms with Gasteiger partial charge in [0, 0.05) is 11.5 Å². The fourth-order valence-corrected chi connectivity index (χ4v) is 4.42. The Kier molecular flexibility index (Phi) is 6.60. The van der Waals surface area contributed by atoms with Crippen LogP contribution in [-0.4, -0.2) is 42.5 Å². The SMILES string of the molecule is COc1ccc(NC(=O)COC(=O)c2cc3c(C)nn(Cc4ccccc4)c3s2)c(OC)c1. The summed E-state index contributed by atoms with van der Waals surface area (Å²) in [6, 6.07) is 16.8. The fourth-order valence-electron chi connectivity index (χ4n) is 3.37. The molecule has 33 heavy (non-hydrogen) atoms. The first-order valence-corrected chi connectivity index (χ1v) is 11.0. The van der Waals surface area contributed by atoms with E-state index in [0.29, 0.717) is 28.6 Å². The quantitative estimate of drug-likeness (QED) is 0.391. The van der Waals surface area contributed by atoms with Crippen LogP contribution in [-0.2, 0) is 16.1 Å². The van der Waals surface area contributed by atoms with Gasteiger partial charge >= 0.3 is 5.97 Å². The van der Waals surface area contributed by atoms with E-state index in [2.05, 4.69) is 10.4 Å². The summed E-state index contributed by atoms with van der Waals surface area (Å²) >= 11 is 1.30. The number of ether oxygens (including phenoxy) is 3. The lowest BCUT2D eigenvalue weighted by Crippen LogP contribution is -2.21. The second-order valence-electron chi connectivity index (χ2n) is 7.25. The molecule has 2 heterocycles. The summed E-state index contributed by atoms with van der Waals surface area (Å²) < 4.78 is 17.5. The van der Waals surface area contributed by atoms with E-state index in [0.717, 1.165) is 21.5 Å². The van der Waals surface area contributed by atoms with E-state index in [4.69, 9.17) is 14.2 Å². The van der Waals surface area contributed by atoms with E-state index in [1.54, 1.807) is 31.4 Å². The molecule has 1 N–H and O–H groups in total. The molecule has 0 spiro atoms. The van der Waals surface area contributed by atoms with Crippen molar-refractivity contribution in [1.82, 2.24) is 9.78 Å². The highest BCUT2D eigenvalue weighted by molar-refractivity contribution is 7.20. The van der Waals surface area contributed by atoms with Gasteiger partial charge in [0.15, 0.2) is 6.61 Å². The number of carbonyl (C=O) groups excluding carboxylic acids is 2. The molecule has 0 bridgehead atoms. The van der Waals surface area contributed by atoms with Crippen LogP contribution in [0.1, 0.15) is 20.9 Å². The molecule has 170 valence electrons. The standard InChI is InChI=1S/C24H23N3O5S/c1-15-18-12-21(33-23(18)27(26-15)13-16-7-5-4-6-8-16)24(29)32-14-22(28)25-19-10-9-17(30-2)11-20(19)31-3/h4-12H,13-14H2,1-3H3,(H,25,28). The highest BCUT2D eigenvalue weighted by Crippen LogP contribution is 2.30. The minimum atomic E-state index is -0.557. The third-order valence-electron chi connectivity index (χ3n) is 5.00. The normalized spacial score (nSPS) is 10.8. The minimum Gasteiger partial charge on any atom is -0.497 e. The molecule has 0 radical (unpaired) electrons. The number of hydrogen-bond acceptors (Lipinski definition) is 7. The van der Waals surface area contributed by atoms with Crippen LogP contribution in [0.4, 0.5) is 5.69 Å². The first-order valence-electron chi connectivity index (χ1n) is 10.2. The number of carbonyl (C=O) groups is 2. The number of rotatable bonds is 8. The van der Waals surface area contributed by atoms with Crippen molar-refractivity contribution in [1.29, 1.82) is 0 Å². The zero-order chi connectivity index (χ0) is 23.4.